The third-order valence-corrected chi connectivity index (χ3v) is 2.78. The molecule has 0 atom stereocenters. The molecule has 0 aliphatic rings. The molecule has 2 rings (SSSR count). The van der Waals surface area contributed by atoms with Crippen molar-refractivity contribution in [2.24, 2.45) is 0 Å². The predicted molar refractivity (Wildman–Crippen MR) is 68.1 cm³/mol. The fraction of sp³-hybridized carbons (Fsp3) is 0.417. The van der Waals surface area contributed by atoms with Crippen LogP contribution in [0.15, 0.2) is 18.5 Å². The van der Waals surface area contributed by atoms with E-state index < -0.39 is 17.8 Å². The van der Waals surface area contributed by atoms with Crippen LogP contribution in [0.2, 0.25) is 0 Å². The highest BCUT2D eigenvalue weighted by Gasteiger charge is 2.34. The number of carbonyl (C=O) groups is 1. The molecule has 0 aliphatic carbocycles. The molecular formula is C12H13F3N4O2. The van der Waals surface area contributed by atoms with Crippen molar-refractivity contribution in [1.82, 2.24) is 14.6 Å². The number of carboxylic acid groups (broad SMARTS) is 1. The molecule has 2 aromatic rings. The van der Waals surface area contributed by atoms with Gasteiger partial charge in [0.2, 0.25) is 0 Å². The number of aliphatic carboxylic acids is 1. The van der Waals surface area contributed by atoms with Gasteiger partial charge in [0.15, 0.2) is 11.5 Å². The molecule has 0 saturated heterocycles. The van der Waals surface area contributed by atoms with Crippen molar-refractivity contribution in [2.75, 3.05) is 18.0 Å². The average molecular weight is 302 g/mol. The van der Waals surface area contributed by atoms with Crippen LogP contribution in [-0.2, 0) is 11.0 Å². The van der Waals surface area contributed by atoms with Crippen molar-refractivity contribution in [2.45, 2.75) is 19.5 Å². The van der Waals surface area contributed by atoms with E-state index in [1.165, 1.54) is 17.3 Å². The van der Waals surface area contributed by atoms with Crippen LogP contribution in [-0.4, -0.2) is 38.8 Å². The molecule has 0 amide bonds. The largest absolute Gasteiger partial charge is 0.480 e. The van der Waals surface area contributed by atoms with Crippen LogP contribution >= 0.6 is 0 Å². The molecule has 0 spiro atoms. The van der Waals surface area contributed by atoms with E-state index in [9.17, 15) is 18.0 Å². The summed E-state index contributed by atoms with van der Waals surface area (Å²) in [6.45, 7) is 1.87. The summed E-state index contributed by atoms with van der Waals surface area (Å²) in [7, 11) is 0. The molecule has 1 N–H and O–H groups in total. The molecule has 114 valence electrons. The number of hydrogen-bond acceptors (Lipinski definition) is 4. The number of rotatable bonds is 5. The van der Waals surface area contributed by atoms with Gasteiger partial charge < -0.3 is 10.0 Å². The lowest BCUT2D eigenvalue weighted by atomic mass is 10.3. The molecule has 21 heavy (non-hydrogen) atoms. The number of alkyl halides is 3. The second-order valence-corrected chi connectivity index (χ2v) is 4.42. The van der Waals surface area contributed by atoms with Gasteiger partial charge in [0.25, 0.3) is 0 Å². The molecule has 0 unspecified atom stereocenters. The maximum absolute atomic E-state index is 12.7. The van der Waals surface area contributed by atoms with Crippen molar-refractivity contribution >= 4 is 17.3 Å². The summed E-state index contributed by atoms with van der Waals surface area (Å²) in [6, 6.07) is 0.868. The van der Waals surface area contributed by atoms with Crippen LogP contribution in [0, 0.1) is 0 Å². The normalized spacial score (nSPS) is 11.8. The molecular weight excluding hydrogens is 289 g/mol. The minimum atomic E-state index is -4.56. The second kappa shape index (κ2) is 5.58. The second-order valence-electron chi connectivity index (χ2n) is 4.42. The zero-order chi connectivity index (χ0) is 15.6. The lowest BCUT2D eigenvalue weighted by molar-refractivity contribution is -0.141. The molecule has 0 fully saturated rings. The molecule has 6 nitrogen and oxygen atoms in total. The van der Waals surface area contributed by atoms with E-state index >= 15 is 0 Å². The molecule has 2 aromatic heterocycles. The molecule has 0 bridgehead atoms. The van der Waals surface area contributed by atoms with E-state index in [2.05, 4.69) is 10.1 Å². The molecule has 0 radical (unpaired) electrons. The standard InChI is InChI=1S/C12H13F3N4O2/c1-2-4-18(7-10(20)21)11-8-6-9(12(13,14)15)17-19(8)5-3-16-11/h3,5-6H,2,4,7H2,1H3,(H,20,21). The van der Waals surface area contributed by atoms with Gasteiger partial charge in [-0.2, -0.15) is 18.3 Å². The predicted octanol–water partition coefficient (Wildman–Crippen LogP) is 2.05. The number of carboxylic acids is 1. The zero-order valence-corrected chi connectivity index (χ0v) is 11.1. The summed E-state index contributed by atoms with van der Waals surface area (Å²) in [6.07, 6.45) is -1.35. The molecule has 2 heterocycles. The van der Waals surface area contributed by atoms with E-state index in [0.717, 1.165) is 10.6 Å². The van der Waals surface area contributed by atoms with Gasteiger partial charge in [0.05, 0.1) is 0 Å². The number of fused-ring (bicyclic) bond motifs is 1. The van der Waals surface area contributed by atoms with Gasteiger partial charge in [-0.3, -0.25) is 4.79 Å². The Kier molecular flexibility index (Phi) is 4.01. The zero-order valence-electron chi connectivity index (χ0n) is 11.1. The number of nitrogens with zero attached hydrogens (tertiary/aromatic N) is 4. The van der Waals surface area contributed by atoms with Crippen LogP contribution < -0.4 is 4.90 Å². The topological polar surface area (TPSA) is 70.7 Å². The van der Waals surface area contributed by atoms with E-state index in [4.69, 9.17) is 5.11 Å². The Morgan fingerprint density at radius 2 is 2.19 bits per heavy atom. The van der Waals surface area contributed by atoms with E-state index in [1.54, 1.807) is 0 Å². The number of halogens is 3. The van der Waals surface area contributed by atoms with Gasteiger partial charge in [-0.15, -0.1) is 0 Å². The van der Waals surface area contributed by atoms with Gasteiger partial charge in [-0.1, -0.05) is 6.92 Å². The van der Waals surface area contributed by atoms with Crippen molar-refractivity contribution in [3.63, 3.8) is 0 Å². The van der Waals surface area contributed by atoms with Crippen molar-refractivity contribution in [1.29, 1.82) is 0 Å². The summed E-state index contributed by atoms with van der Waals surface area (Å²) in [5.41, 5.74) is -0.914. The first kappa shape index (κ1) is 15.1. The summed E-state index contributed by atoms with van der Waals surface area (Å²) < 4.78 is 39.2. The Morgan fingerprint density at radius 1 is 1.48 bits per heavy atom. The monoisotopic (exact) mass is 302 g/mol. The SMILES string of the molecule is CCCN(CC(=O)O)c1nccn2nc(C(F)(F)F)cc12. The highest BCUT2D eigenvalue weighted by molar-refractivity contribution is 5.77. The lowest BCUT2D eigenvalue weighted by Crippen LogP contribution is -2.31. The summed E-state index contributed by atoms with van der Waals surface area (Å²) >= 11 is 0. The fourth-order valence-electron chi connectivity index (χ4n) is 1.98. The average Bonchev–Trinajstić information content (AvgIpc) is 2.81. The molecule has 0 saturated carbocycles. The molecule has 0 aliphatic heterocycles. The first-order valence-electron chi connectivity index (χ1n) is 6.21. The number of aromatic nitrogens is 3. The molecule has 9 heteroatoms. The summed E-state index contributed by atoms with van der Waals surface area (Å²) in [5.74, 6) is -0.910. The van der Waals surface area contributed by atoms with Crippen molar-refractivity contribution in [3.05, 3.63) is 24.2 Å². The van der Waals surface area contributed by atoms with Crippen LogP contribution in [0.1, 0.15) is 19.0 Å². The highest BCUT2D eigenvalue weighted by Crippen LogP contribution is 2.30. The fourth-order valence-corrected chi connectivity index (χ4v) is 1.98. The van der Waals surface area contributed by atoms with E-state index in [0.29, 0.717) is 13.0 Å². The number of hydrogen-bond donors (Lipinski definition) is 1. The van der Waals surface area contributed by atoms with Crippen LogP contribution in [0.5, 0.6) is 0 Å². The smallest absolute Gasteiger partial charge is 0.435 e. The van der Waals surface area contributed by atoms with Crippen LogP contribution in [0.25, 0.3) is 5.52 Å². The van der Waals surface area contributed by atoms with Gasteiger partial charge in [-0.05, 0) is 6.42 Å². The van der Waals surface area contributed by atoms with Crippen molar-refractivity contribution in [3.8, 4) is 0 Å². The minimum absolute atomic E-state index is 0.125. The quantitative estimate of drug-likeness (QED) is 0.915. The summed E-state index contributed by atoms with van der Waals surface area (Å²) in [5, 5.41) is 12.4. The van der Waals surface area contributed by atoms with Crippen LogP contribution in [0.4, 0.5) is 19.0 Å². The third kappa shape index (κ3) is 3.23. The first-order chi connectivity index (χ1) is 9.82. The molecule has 0 aromatic carbocycles. The maximum Gasteiger partial charge on any atom is 0.435 e. The Bertz CT molecular complexity index is 653. The maximum atomic E-state index is 12.7. The van der Waals surface area contributed by atoms with Crippen molar-refractivity contribution < 1.29 is 23.1 Å². The van der Waals surface area contributed by atoms with Gasteiger partial charge in [0.1, 0.15) is 12.1 Å². The Labute approximate surface area is 117 Å². The van der Waals surface area contributed by atoms with E-state index in [-0.39, 0.29) is 17.9 Å². The Morgan fingerprint density at radius 3 is 2.76 bits per heavy atom. The van der Waals surface area contributed by atoms with Crippen LogP contribution in [0.3, 0.4) is 0 Å². The first-order valence-corrected chi connectivity index (χ1v) is 6.21. The minimum Gasteiger partial charge on any atom is -0.480 e. The summed E-state index contributed by atoms with van der Waals surface area (Å²) in [4.78, 5) is 16.3. The highest BCUT2D eigenvalue weighted by atomic mass is 19.4. The third-order valence-electron chi connectivity index (χ3n) is 2.78. The van der Waals surface area contributed by atoms with E-state index in [1.807, 2.05) is 6.92 Å². The van der Waals surface area contributed by atoms with Gasteiger partial charge in [0, 0.05) is 25.0 Å². The Hall–Kier alpha value is -2.32. The number of anilines is 1. The lowest BCUT2D eigenvalue weighted by Gasteiger charge is -2.21. The van der Waals surface area contributed by atoms with Gasteiger partial charge in [-0.25, -0.2) is 9.50 Å². The Balaban J connectivity index is 2.51. The van der Waals surface area contributed by atoms with Gasteiger partial charge >= 0.3 is 12.1 Å².